The van der Waals surface area contributed by atoms with Gasteiger partial charge in [-0.15, -0.1) is 0 Å². The third-order valence-electron chi connectivity index (χ3n) is 5.17. The van der Waals surface area contributed by atoms with E-state index in [9.17, 15) is 13.6 Å². The van der Waals surface area contributed by atoms with Gasteiger partial charge in [0.2, 0.25) is 6.41 Å². The van der Waals surface area contributed by atoms with Crippen LogP contribution in [0.5, 0.6) is 0 Å². The maximum atomic E-state index is 13.3. The molecule has 2 saturated carbocycles. The van der Waals surface area contributed by atoms with Gasteiger partial charge in [0.25, 0.3) is 6.43 Å². The van der Waals surface area contributed by atoms with E-state index in [-0.39, 0.29) is 11.4 Å². The lowest BCUT2D eigenvalue weighted by atomic mass is 9.97. The van der Waals surface area contributed by atoms with Crippen LogP contribution in [0.1, 0.15) is 42.9 Å². The van der Waals surface area contributed by atoms with E-state index in [0.717, 1.165) is 23.8 Å². The van der Waals surface area contributed by atoms with Gasteiger partial charge in [-0.1, -0.05) is 24.3 Å². The number of carbonyl (C=O) groups is 1. The van der Waals surface area contributed by atoms with Gasteiger partial charge in [-0.3, -0.25) is 9.48 Å². The maximum absolute atomic E-state index is 13.3. The largest absolute Gasteiger partial charge is 0.325 e. The van der Waals surface area contributed by atoms with Gasteiger partial charge in [-0.2, -0.15) is 5.10 Å². The molecule has 0 unspecified atom stereocenters. The van der Waals surface area contributed by atoms with Crippen molar-refractivity contribution in [1.82, 2.24) is 9.78 Å². The lowest BCUT2D eigenvalue weighted by Crippen LogP contribution is -2.01. The SMILES string of the molecule is Cn1nc(C(F)F)c(NC=O)c1-c1ccccc1[C@@H]1C[C@H]1C1CC1. The summed E-state index contributed by atoms with van der Waals surface area (Å²) in [6.07, 6.45) is 1.47. The molecule has 0 aliphatic heterocycles. The van der Waals surface area contributed by atoms with E-state index in [2.05, 4.69) is 16.5 Å². The number of hydrogen-bond donors (Lipinski definition) is 1. The highest BCUT2D eigenvalue weighted by Gasteiger charge is 2.48. The first-order valence-electron chi connectivity index (χ1n) is 8.26. The summed E-state index contributed by atoms with van der Waals surface area (Å²) in [7, 11) is 1.64. The highest BCUT2D eigenvalue weighted by Crippen LogP contribution is 2.60. The van der Waals surface area contributed by atoms with Gasteiger partial charge in [0.1, 0.15) is 0 Å². The molecule has 1 amide bonds. The molecule has 6 heteroatoms. The predicted molar refractivity (Wildman–Crippen MR) is 86.9 cm³/mol. The van der Waals surface area contributed by atoms with Crippen molar-refractivity contribution in [1.29, 1.82) is 0 Å². The van der Waals surface area contributed by atoms with E-state index >= 15 is 0 Å². The molecular weight excluding hydrogens is 312 g/mol. The number of halogens is 2. The number of nitrogens with one attached hydrogen (secondary N) is 1. The van der Waals surface area contributed by atoms with Crippen molar-refractivity contribution < 1.29 is 13.6 Å². The Hall–Kier alpha value is -2.24. The fraction of sp³-hybridized carbons (Fsp3) is 0.444. The van der Waals surface area contributed by atoms with E-state index in [1.54, 1.807) is 7.05 Å². The topological polar surface area (TPSA) is 46.9 Å². The highest BCUT2D eigenvalue weighted by atomic mass is 19.3. The van der Waals surface area contributed by atoms with E-state index in [1.807, 2.05) is 18.2 Å². The standard InChI is InChI=1S/C18H19F2N3O/c1-23-17(15(21-9-24)16(22-23)18(19)20)12-5-3-2-4-11(12)14-8-13(14)10-6-7-10/h2-5,9-10,13-14,18H,6-8H2,1H3,(H,21,24)/t13-,14-/m0/s1. The molecule has 1 heterocycles. The predicted octanol–water partition coefficient (Wildman–Crippen LogP) is 4.11. The van der Waals surface area contributed by atoms with E-state index in [0.29, 0.717) is 18.0 Å². The summed E-state index contributed by atoms with van der Waals surface area (Å²) in [6.45, 7) is 0. The van der Waals surface area contributed by atoms with Crippen LogP contribution in [0.2, 0.25) is 0 Å². The molecule has 1 aromatic carbocycles. The van der Waals surface area contributed by atoms with Crippen molar-refractivity contribution in [3.63, 3.8) is 0 Å². The number of aryl methyl sites for hydroxylation is 1. The Kier molecular flexibility index (Phi) is 3.62. The van der Waals surface area contributed by atoms with Crippen molar-refractivity contribution in [2.45, 2.75) is 31.6 Å². The molecule has 1 aromatic heterocycles. The quantitative estimate of drug-likeness (QED) is 0.810. The van der Waals surface area contributed by atoms with Gasteiger partial charge >= 0.3 is 0 Å². The monoisotopic (exact) mass is 331 g/mol. The summed E-state index contributed by atoms with van der Waals surface area (Å²) >= 11 is 0. The highest BCUT2D eigenvalue weighted by molar-refractivity contribution is 5.86. The average molecular weight is 331 g/mol. The Morgan fingerprint density at radius 1 is 1.33 bits per heavy atom. The van der Waals surface area contributed by atoms with Crippen LogP contribution in [0, 0.1) is 11.8 Å². The Balaban J connectivity index is 1.80. The smallest absolute Gasteiger partial charge is 0.284 e. The number of anilines is 1. The molecule has 2 aromatic rings. The third-order valence-corrected chi connectivity index (χ3v) is 5.17. The molecule has 1 N–H and O–H groups in total. The number of benzene rings is 1. The molecule has 0 bridgehead atoms. The molecule has 0 saturated heterocycles. The Morgan fingerprint density at radius 2 is 2.08 bits per heavy atom. The number of hydrogen-bond acceptors (Lipinski definition) is 2. The van der Waals surface area contributed by atoms with Crippen LogP contribution < -0.4 is 5.32 Å². The zero-order valence-electron chi connectivity index (χ0n) is 13.4. The molecule has 2 fully saturated rings. The molecule has 24 heavy (non-hydrogen) atoms. The second kappa shape index (κ2) is 5.69. The van der Waals surface area contributed by atoms with Crippen molar-refractivity contribution >= 4 is 12.1 Å². The van der Waals surface area contributed by atoms with Gasteiger partial charge in [0, 0.05) is 12.6 Å². The average Bonchev–Trinajstić information content (AvgIpc) is 3.44. The zero-order valence-corrected chi connectivity index (χ0v) is 13.4. The third kappa shape index (κ3) is 2.50. The van der Waals surface area contributed by atoms with Crippen LogP contribution in [0.4, 0.5) is 14.5 Å². The fourth-order valence-electron chi connectivity index (χ4n) is 3.86. The molecule has 2 aliphatic rings. The number of nitrogens with zero attached hydrogens (tertiary/aromatic N) is 2. The summed E-state index contributed by atoms with van der Waals surface area (Å²) in [5.74, 6) is 2.04. The summed E-state index contributed by atoms with van der Waals surface area (Å²) in [5.41, 5.74) is 2.33. The first-order chi connectivity index (χ1) is 11.6. The lowest BCUT2D eigenvalue weighted by Gasteiger charge is -2.12. The Morgan fingerprint density at radius 3 is 2.75 bits per heavy atom. The summed E-state index contributed by atoms with van der Waals surface area (Å²) < 4.78 is 28.0. The number of amides is 1. The van der Waals surface area contributed by atoms with E-state index in [1.165, 1.54) is 23.1 Å². The summed E-state index contributed by atoms with van der Waals surface area (Å²) in [6, 6.07) is 7.88. The van der Waals surface area contributed by atoms with Crippen LogP contribution in [0.15, 0.2) is 24.3 Å². The Bertz CT molecular complexity index is 783. The first-order valence-corrected chi connectivity index (χ1v) is 8.26. The van der Waals surface area contributed by atoms with E-state index < -0.39 is 6.43 Å². The van der Waals surface area contributed by atoms with Crippen molar-refractivity contribution in [2.75, 3.05) is 5.32 Å². The summed E-state index contributed by atoms with van der Waals surface area (Å²) in [4.78, 5) is 10.9. The second-order valence-corrected chi connectivity index (χ2v) is 6.73. The van der Waals surface area contributed by atoms with Gasteiger partial charge in [-0.25, -0.2) is 8.78 Å². The summed E-state index contributed by atoms with van der Waals surface area (Å²) in [5, 5.41) is 6.37. The molecule has 2 atom stereocenters. The molecule has 2 aliphatic carbocycles. The van der Waals surface area contributed by atoms with Gasteiger partial charge in [0.15, 0.2) is 5.69 Å². The van der Waals surface area contributed by atoms with Crippen molar-refractivity contribution in [3.05, 3.63) is 35.5 Å². The number of carbonyl (C=O) groups excluding carboxylic acids is 1. The van der Waals surface area contributed by atoms with Crippen LogP contribution >= 0.6 is 0 Å². The van der Waals surface area contributed by atoms with Crippen LogP contribution in [0.3, 0.4) is 0 Å². The molecule has 4 nitrogen and oxygen atoms in total. The second-order valence-electron chi connectivity index (χ2n) is 6.73. The minimum Gasteiger partial charge on any atom is -0.325 e. The molecule has 0 spiro atoms. The molecule has 4 rings (SSSR count). The number of rotatable bonds is 6. The molecule has 0 radical (unpaired) electrons. The molecule has 126 valence electrons. The minimum absolute atomic E-state index is 0.110. The lowest BCUT2D eigenvalue weighted by molar-refractivity contribution is -0.105. The van der Waals surface area contributed by atoms with Gasteiger partial charge < -0.3 is 5.32 Å². The minimum atomic E-state index is -2.74. The van der Waals surface area contributed by atoms with E-state index in [4.69, 9.17) is 0 Å². The van der Waals surface area contributed by atoms with Crippen LogP contribution in [0.25, 0.3) is 11.3 Å². The fourth-order valence-corrected chi connectivity index (χ4v) is 3.86. The van der Waals surface area contributed by atoms with Crippen molar-refractivity contribution in [2.24, 2.45) is 18.9 Å². The van der Waals surface area contributed by atoms with Gasteiger partial charge in [-0.05, 0) is 42.6 Å². The molecular formula is C18H19F2N3O. The van der Waals surface area contributed by atoms with Gasteiger partial charge in [0.05, 0.1) is 11.4 Å². The van der Waals surface area contributed by atoms with Crippen LogP contribution in [-0.2, 0) is 11.8 Å². The number of alkyl halides is 2. The normalized spacial score (nSPS) is 22.7. The Labute approximate surface area is 138 Å². The number of aromatic nitrogens is 2. The van der Waals surface area contributed by atoms with Crippen LogP contribution in [-0.4, -0.2) is 16.2 Å². The maximum Gasteiger partial charge on any atom is 0.284 e. The van der Waals surface area contributed by atoms with Crippen molar-refractivity contribution in [3.8, 4) is 11.3 Å². The first kappa shape index (κ1) is 15.3. The zero-order chi connectivity index (χ0) is 16.8.